The summed E-state index contributed by atoms with van der Waals surface area (Å²) < 4.78 is 11.4. The van der Waals surface area contributed by atoms with E-state index in [1.165, 1.54) is 5.56 Å². The summed E-state index contributed by atoms with van der Waals surface area (Å²) >= 11 is 0. The van der Waals surface area contributed by atoms with Crippen molar-refractivity contribution in [3.63, 3.8) is 0 Å². The molecule has 1 heterocycles. The minimum atomic E-state index is -0.171. The molecule has 1 saturated heterocycles. The van der Waals surface area contributed by atoms with Crippen molar-refractivity contribution in [3.05, 3.63) is 29.8 Å². The maximum absolute atomic E-state index is 5.71. The highest BCUT2D eigenvalue weighted by Gasteiger charge is 2.44. The van der Waals surface area contributed by atoms with Gasteiger partial charge in [-0.15, -0.1) is 0 Å². The number of rotatable bonds is 1. The van der Waals surface area contributed by atoms with E-state index in [0.29, 0.717) is 0 Å². The van der Waals surface area contributed by atoms with Crippen LogP contribution in [0.5, 0.6) is 0 Å². The third-order valence-corrected chi connectivity index (χ3v) is 2.55. The van der Waals surface area contributed by atoms with Crippen molar-refractivity contribution in [2.24, 2.45) is 5.41 Å². The fourth-order valence-corrected chi connectivity index (χ4v) is 1.52. The maximum Gasteiger partial charge on any atom is 0.497 e. The molecule has 15 heavy (non-hydrogen) atoms. The summed E-state index contributed by atoms with van der Waals surface area (Å²) in [5.41, 5.74) is 2.41. The molecule has 0 unspecified atom stereocenters. The predicted octanol–water partition coefficient (Wildman–Crippen LogP) is 2.11. The van der Waals surface area contributed by atoms with Crippen LogP contribution in [0.25, 0.3) is 0 Å². The predicted molar refractivity (Wildman–Crippen MR) is 62.0 cm³/mol. The van der Waals surface area contributed by atoms with Crippen LogP contribution in [0, 0.1) is 12.3 Å². The first-order chi connectivity index (χ1) is 6.97. The van der Waals surface area contributed by atoms with Gasteiger partial charge in [-0.25, -0.2) is 0 Å². The molecule has 0 spiro atoms. The van der Waals surface area contributed by atoms with Crippen LogP contribution in [-0.2, 0) is 9.31 Å². The smallest absolute Gasteiger partial charge is 0.382 e. The standard InChI is InChI=1S/C12H17BO2/c1-9-5-7-10(8-6-9)13-14-11(15-13)12(2,3)4/h5-8,11H,1-4H3. The Morgan fingerprint density at radius 3 is 2.07 bits per heavy atom. The lowest BCUT2D eigenvalue weighted by Crippen LogP contribution is -2.57. The Kier molecular flexibility index (Phi) is 2.61. The second kappa shape index (κ2) is 3.65. The average molecular weight is 204 g/mol. The Bertz CT molecular complexity index is 334. The fourth-order valence-electron chi connectivity index (χ4n) is 1.52. The molecule has 1 aromatic carbocycles. The quantitative estimate of drug-likeness (QED) is 0.652. The molecule has 1 fully saturated rings. The van der Waals surface area contributed by atoms with E-state index in [0.717, 1.165) is 5.46 Å². The van der Waals surface area contributed by atoms with E-state index in [-0.39, 0.29) is 18.8 Å². The van der Waals surface area contributed by atoms with Gasteiger partial charge in [0.15, 0.2) is 0 Å². The molecule has 1 aliphatic heterocycles. The number of benzene rings is 1. The molecule has 0 amide bonds. The molecule has 1 aliphatic rings. The summed E-state index contributed by atoms with van der Waals surface area (Å²) in [7, 11) is -0.171. The van der Waals surface area contributed by atoms with E-state index in [4.69, 9.17) is 9.31 Å². The molecule has 0 aromatic heterocycles. The second-order valence-corrected chi connectivity index (χ2v) is 5.21. The summed E-state index contributed by atoms with van der Waals surface area (Å²) in [5, 5.41) is 0. The number of aryl methyl sites for hydroxylation is 1. The zero-order chi connectivity index (χ0) is 11.1. The van der Waals surface area contributed by atoms with Gasteiger partial charge < -0.3 is 9.31 Å². The van der Waals surface area contributed by atoms with Gasteiger partial charge in [-0.1, -0.05) is 50.6 Å². The highest BCUT2D eigenvalue weighted by Crippen LogP contribution is 2.30. The van der Waals surface area contributed by atoms with E-state index in [2.05, 4.69) is 52.0 Å². The van der Waals surface area contributed by atoms with Crippen LogP contribution in [0.3, 0.4) is 0 Å². The first-order valence-electron chi connectivity index (χ1n) is 5.34. The molecule has 80 valence electrons. The van der Waals surface area contributed by atoms with Gasteiger partial charge in [0, 0.05) is 5.41 Å². The zero-order valence-electron chi connectivity index (χ0n) is 9.78. The summed E-state index contributed by atoms with van der Waals surface area (Å²) in [6.45, 7) is 8.42. The van der Waals surface area contributed by atoms with E-state index < -0.39 is 0 Å². The molecule has 2 rings (SSSR count). The third kappa shape index (κ3) is 2.24. The highest BCUT2D eigenvalue weighted by molar-refractivity contribution is 6.62. The molecule has 2 nitrogen and oxygen atoms in total. The Morgan fingerprint density at radius 1 is 1.07 bits per heavy atom. The minimum absolute atomic E-state index is 0.0567. The van der Waals surface area contributed by atoms with Gasteiger partial charge in [0.2, 0.25) is 0 Å². The lowest BCUT2D eigenvalue weighted by Gasteiger charge is -2.42. The minimum Gasteiger partial charge on any atom is -0.382 e. The zero-order valence-corrected chi connectivity index (χ0v) is 9.78. The molecular formula is C12H17BO2. The monoisotopic (exact) mass is 204 g/mol. The normalized spacial score (nSPS) is 17.7. The molecule has 0 radical (unpaired) electrons. The lowest BCUT2D eigenvalue weighted by molar-refractivity contribution is -0.167. The van der Waals surface area contributed by atoms with Gasteiger partial charge in [0.1, 0.15) is 6.29 Å². The van der Waals surface area contributed by atoms with Crippen LogP contribution in [0.1, 0.15) is 26.3 Å². The highest BCUT2D eigenvalue weighted by atomic mass is 16.8. The van der Waals surface area contributed by atoms with Gasteiger partial charge in [-0.2, -0.15) is 0 Å². The van der Waals surface area contributed by atoms with E-state index >= 15 is 0 Å². The molecule has 1 aromatic rings. The first kappa shape index (κ1) is 10.7. The van der Waals surface area contributed by atoms with E-state index in [1.807, 2.05) is 0 Å². The van der Waals surface area contributed by atoms with Gasteiger partial charge in [-0.3, -0.25) is 0 Å². The molecule has 0 atom stereocenters. The summed E-state index contributed by atoms with van der Waals surface area (Å²) in [4.78, 5) is 0. The average Bonchev–Trinajstić information content (AvgIpc) is 2.03. The topological polar surface area (TPSA) is 18.5 Å². The van der Waals surface area contributed by atoms with Gasteiger partial charge in [0.05, 0.1) is 0 Å². The Labute approximate surface area is 91.7 Å². The van der Waals surface area contributed by atoms with Crippen molar-refractivity contribution in [2.75, 3.05) is 0 Å². The fraction of sp³-hybridized carbons (Fsp3) is 0.500. The van der Waals surface area contributed by atoms with Gasteiger partial charge in [-0.05, 0) is 12.4 Å². The molecule has 0 N–H and O–H groups in total. The molecule has 3 heteroatoms. The molecule has 0 bridgehead atoms. The van der Waals surface area contributed by atoms with Crippen molar-refractivity contribution in [1.82, 2.24) is 0 Å². The molecule has 0 aliphatic carbocycles. The van der Waals surface area contributed by atoms with Crippen LogP contribution in [0.4, 0.5) is 0 Å². The Balaban J connectivity index is 1.98. The van der Waals surface area contributed by atoms with Crippen LogP contribution in [0.15, 0.2) is 24.3 Å². The summed E-state index contributed by atoms with van der Waals surface area (Å²) in [6.07, 6.45) is -0.0798. The third-order valence-electron chi connectivity index (χ3n) is 2.55. The van der Waals surface area contributed by atoms with Crippen LogP contribution >= 0.6 is 0 Å². The summed E-state index contributed by atoms with van der Waals surface area (Å²) in [5.74, 6) is 0. The van der Waals surface area contributed by atoms with Gasteiger partial charge in [0.25, 0.3) is 0 Å². The Morgan fingerprint density at radius 2 is 1.60 bits per heavy atom. The molecule has 0 saturated carbocycles. The van der Waals surface area contributed by atoms with Crippen LogP contribution in [0.2, 0.25) is 0 Å². The van der Waals surface area contributed by atoms with Crippen molar-refractivity contribution in [2.45, 2.75) is 34.0 Å². The summed E-state index contributed by atoms with van der Waals surface area (Å²) in [6, 6.07) is 8.26. The van der Waals surface area contributed by atoms with Crippen molar-refractivity contribution < 1.29 is 9.31 Å². The SMILES string of the molecule is Cc1ccc(B2OC(C(C)(C)C)O2)cc1. The number of hydrogen-bond donors (Lipinski definition) is 0. The first-order valence-corrected chi connectivity index (χ1v) is 5.34. The second-order valence-electron chi connectivity index (χ2n) is 5.21. The van der Waals surface area contributed by atoms with Crippen molar-refractivity contribution in [1.29, 1.82) is 0 Å². The Hall–Kier alpha value is -0.795. The molecular weight excluding hydrogens is 187 g/mol. The maximum atomic E-state index is 5.71. The van der Waals surface area contributed by atoms with E-state index in [1.54, 1.807) is 0 Å². The van der Waals surface area contributed by atoms with E-state index in [9.17, 15) is 0 Å². The van der Waals surface area contributed by atoms with Crippen LogP contribution < -0.4 is 5.46 Å². The number of hydrogen-bond acceptors (Lipinski definition) is 2. The lowest BCUT2D eigenvalue weighted by atomic mass is 9.74. The van der Waals surface area contributed by atoms with Crippen LogP contribution in [-0.4, -0.2) is 13.4 Å². The van der Waals surface area contributed by atoms with Crippen molar-refractivity contribution >= 4 is 12.6 Å². The van der Waals surface area contributed by atoms with Gasteiger partial charge >= 0.3 is 7.12 Å². The van der Waals surface area contributed by atoms with Crippen molar-refractivity contribution in [3.8, 4) is 0 Å². The largest absolute Gasteiger partial charge is 0.497 e.